The molecule has 10 heteroatoms. The molecule has 4 N–H and O–H groups in total. The van der Waals surface area contributed by atoms with Gasteiger partial charge in [-0.2, -0.15) is 0 Å². The third-order valence-electron chi connectivity index (χ3n) is 3.99. The van der Waals surface area contributed by atoms with Crippen molar-refractivity contribution in [3.8, 4) is 0 Å². The maximum Gasteiger partial charge on any atom is 0.310 e. The van der Waals surface area contributed by atoms with Crippen LogP contribution in [0.15, 0.2) is 60.9 Å². The molecule has 4 aromatic rings. The molecule has 0 radical (unpaired) electrons. The van der Waals surface area contributed by atoms with Crippen LogP contribution in [0, 0.1) is 20.2 Å². The van der Waals surface area contributed by atoms with Crippen molar-refractivity contribution in [2.24, 2.45) is 0 Å². The van der Waals surface area contributed by atoms with E-state index < -0.39 is 9.85 Å². The summed E-state index contributed by atoms with van der Waals surface area (Å²) in [4.78, 5) is 27.9. The second kappa shape index (κ2) is 13.9. The van der Waals surface area contributed by atoms with E-state index in [2.05, 4.69) is 9.97 Å². The number of fused-ring (bicyclic) bond motifs is 2. The summed E-state index contributed by atoms with van der Waals surface area (Å²) in [7, 11) is 0. The summed E-state index contributed by atoms with van der Waals surface area (Å²) >= 11 is 0. The van der Waals surface area contributed by atoms with Crippen LogP contribution >= 0.6 is 0 Å². The van der Waals surface area contributed by atoms with Crippen LogP contribution in [-0.2, 0) is 0 Å². The van der Waals surface area contributed by atoms with E-state index in [1.165, 1.54) is 12.4 Å². The Hall–Kier alpha value is -4.34. The summed E-state index contributed by atoms with van der Waals surface area (Å²) in [6.45, 7) is 8.00. The van der Waals surface area contributed by atoms with Gasteiger partial charge in [0.2, 0.25) is 0 Å². The molecule has 0 aliphatic rings. The first kappa shape index (κ1) is 28.7. The first-order valence-electron chi connectivity index (χ1n) is 9.95. The van der Waals surface area contributed by atoms with Gasteiger partial charge in [-0.1, -0.05) is 71.5 Å². The SMILES string of the molecule is C.CC.CC.Nc1c([N+](=O)[O-])cnc2ccccc12.Nc1c([N+](=O)[O-])cnc2ccccc12. The zero-order chi connectivity index (χ0) is 24.3. The number of nitrogen functional groups attached to an aromatic ring is 2. The molecular weight excluding hydrogens is 424 g/mol. The van der Waals surface area contributed by atoms with Gasteiger partial charge in [0.1, 0.15) is 23.8 Å². The van der Waals surface area contributed by atoms with Gasteiger partial charge in [0.05, 0.1) is 20.9 Å². The summed E-state index contributed by atoms with van der Waals surface area (Å²) in [5.74, 6) is 0. The van der Waals surface area contributed by atoms with Gasteiger partial charge in [0, 0.05) is 10.8 Å². The third-order valence-corrected chi connectivity index (χ3v) is 3.99. The van der Waals surface area contributed by atoms with Crippen molar-refractivity contribution >= 4 is 44.6 Å². The van der Waals surface area contributed by atoms with Gasteiger partial charge in [-0.15, -0.1) is 0 Å². The van der Waals surface area contributed by atoms with Crippen LogP contribution in [0.2, 0.25) is 0 Å². The molecule has 0 spiro atoms. The van der Waals surface area contributed by atoms with Gasteiger partial charge in [-0.25, -0.2) is 9.97 Å². The first-order chi connectivity index (χ1) is 15.4. The number of anilines is 2. The standard InChI is InChI=1S/2C9H7N3O2.2C2H6.CH4/c2*10-9-6-3-1-2-4-7(6)11-5-8(9)12(13)14;2*1-2;/h2*1-5H,(H2,10,11);2*1-2H3;1H4. The lowest BCUT2D eigenvalue weighted by Gasteiger charge is -2.00. The molecule has 176 valence electrons. The minimum absolute atomic E-state index is 0. The van der Waals surface area contributed by atoms with Gasteiger partial charge in [0.15, 0.2) is 0 Å². The maximum absolute atomic E-state index is 10.6. The van der Waals surface area contributed by atoms with Crippen LogP contribution in [0.1, 0.15) is 35.1 Å². The maximum atomic E-state index is 10.6. The number of aromatic nitrogens is 2. The van der Waals surface area contributed by atoms with E-state index in [-0.39, 0.29) is 30.2 Å². The fourth-order valence-electron chi connectivity index (χ4n) is 2.60. The Kier molecular flexibility index (Phi) is 12.0. The smallest absolute Gasteiger partial charge is 0.310 e. The summed E-state index contributed by atoms with van der Waals surface area (Å²) in [6, 6.07) is 14.1. The van der Waals surface area contributed by atoms with Gasteiger partial charge in [0.25, 0.3) is 0 Å². The lowest BCUT2D eigenvalue weighted by Crippen LogP contribution is -1.97. The van der Waals surface area contributed by atoms with E-state index in [4.69, 9.17) is 11.5 Å². The highest BCUT2D eigenvalue weighted by Gasteiger charge is 2.15. The lowest BCUT2D eigenvalue weighted by atomic mass is 10.2. The van der Waals surface area contributed by atoms with Gasteiger partial charge < -0.3 is 11.5 Å². The summed E-state index contributed by atoms with van der Waals surface area (Å²) in [5.41, 5.74) is 12.6. The number of nitro groups is 2. The first-order valence-corrected chi connectivity index (χ1v) is 9.95. The Bertz CT molecular complexity index is 1120. The molecule has 0 bridgehead atoms. The molecule has 2 heterocycles. The van der Waals surface area contributed by atoms with E-state index in [1.807, 2.05) is 27.7 Å². The number of benzene rings is 2. The van der Waals surface area contributed by atoms with E-state index in [0.29, 0.717) is 21.8 Å². The van der Waals surface area contributed by atoms with Crippen LogP contribution in [-0.4, -0.2) is 19.8 Å². The molecule has 0 atom stereocenters. The average Bonchev–Trinajstić information content (AvgIpc) is 2.82. The highest BCUT2D eigenvalue weighted by molar-refractivity contribution is 5.94. The number of pyridine rings is 2. The minimum atomic E-state index is -0.533. The molecule has 0 amide bonds. The lowest BCUT2D eigenvalue weighted by molar-refractivity contribution is -0.384. The third kappa shape index (κ3) is 6.82. The molecule has 2 aromatic carbocycles. The number of nitrogens with zero attached hydrogens (tertiary/aromatic N) is 4. The number of hydrogen-bond donors (Lipinski definition) is 2. The normalized spacial score (nSPS) is 9.09. The van der Waals surface area contributed by atoms with Crippen molar-refractivity contribution in [1.82, 2.24) is 9.97 Å². The second-order valence-corrected chi connectivity index (χ2v) is 5.66. The van der Waals surface area contributed by atoms with Crippen molar-refractivity contribution in [3.05, 3.63) is 81.2 Å². The van der Waals surface area contributed by atoms with Crippen molar-refractivity contribution < 1.29 is 9.85 Å². The van der Waals surface area contributed by atoms with Crippen LogP contribution in [0.5, 0.6) is 0 Å². The molecule has 2 aromatic heterocycles. The summed E-state index contributed by atoms with van der Waals surface area (Å²) < 4.78 is 0. The van der Waals surface area contributed by atoms with Gasteiger partial charge in [-0.3, -0.25) is 20.2 Å². The Balaban J connectivity index is 0.000000526. The van der Waals surface area contributed by atoms with Crippen molar-refractivity contribution in [2.75, 3.05) is 11.5 Å². The van der Waals surface area contributed by atoms with Crippen molar-refractivity contribution in [2.45, 2.75) is 35.1 Å². The highest BCUT2D eigenvalue weighted by atomic mass is 16.6. The Morgan fingerprint density at radius 3 is 1.27 bits per heavy atom. The largest absolute Gasteiger partial charge is 0.393 e. The molecule has 0 unspecified atom stereocenters. The fourth-order valence-corrected chi connectivity index (χ4v) is 2.60. The molecule has 0 aliphatic carbocycles. The Labute approximate surface area is 192 Å². The van der Waals surface area contributed by atoms with E-state index >= 15 is 0 Å². The van der Waals surface area contributed by atoms with E-state index in [9.17, 15) is 20.2 Å². The molecule has 33 heavy (non-hydrogen) atoms. The molecule has 0 saturated heterocycles. The van der Waals surface area contributed by atoms with Crippen LogP contribution in [0.4, 0.5) is 22.7 Å². The monoisotopic (exact) mass is 454 g/mol. The number of hydrogen-bond acceptors (Lipinski definition) is 8. The minimum Gasteiger partial charge on any atom is -0.393 e. The topological polar surface area (TPSA) is 164 Å². The molecular formula is C23H30N6O4. The Morgan fingerprint density at radius 2 is 0.970 bits per heavy atom. The molecule has 0 saturated carbocycles. The zero-order valence-corrected chi connectivity index (χ0v) is 18.4. The summed E-state index contributed by atoms with van der Waals surface area (Å²) in [5, 5.41) is 22.3. The predicted octanol–water partition coefficient (Wildman–Crippen LogP) is 6.14. The van der Waals surface area contributed by atoms with E-state index in [1.54, 1.807) is 48.5 Å². The van der Waals surface area contributed by atoms with Gasteiger partial charge >= 0.3 is 11.4 Å². The molecule has 4 rings (SSSR count). The number of nitrogens with two attached hydrogens (primary N) is 2. The molecule has 10 nitrogen and oxygen atoms in total. The molecule has 0 aliphatic heterocycles. The predicted molar refractivity (Wildman–Crippen MR) is 135 cm³/mol. The average molecular weight is 455 g/mol. The number of para-hydroxylation sites is 2. The van der Waals surface area contributed by atoms with Crippen molar-refractivity contribution in [3.63, 3.8) is 0 Å². The van der Waals surface area contributed by atoms with Crippen LogP contribution in [0.25, 0.3) is 21.8 Å². The van der Waals surface area contributed by atoms with Crippen molar-refractivity contribution in [1.29, 1.82) is 0 Å². The van der Waals surface area contributed by atoms with Gasteiger partial charge in [-0.05, 0) is 12.1 Å². The fraction of sp³-hybridized carbons (Fsp3) is 0.217. The highest BCUT2D eigenvalue weighted by Crippen LogP contribution is 2.28. The molecule has 0 fully saturated rings. The van der Waals surface area contributed by atoms with E-state index in [0.717, 1.165) is 0 Å². The number of rotatable bonds is 2. The summed E-state index contributed by atoms with van der Waals surface area (Å²) in [6.07, 6.45) is 2.36. The Morgan fingerprint density at radius 1 is 0.667 bits per heavy atom. The zero-order valence-electron chi connectivity index (χ0n) is 18.4. The van der Waals surface area contributed by atoms with Crippen LogP contribution in [0.3, 0.4) is 0 Å². The quantitative estimate of drug-likeness (QED) is 0.269. The second-order valence-electron chi connectivity index (χ2n) is 5.66. The van der Waals surface area contributed by atoms with Crippen LogP contribution < -0.4 is 11.5 Å².